The number of thioether (sulfide) groups is 2. The minimum Gasteiger partial charge on any atom is -0.352 e. The van der Waals surface area contributed by atoms with Gasteiger partial charge in [-0.1, -0.05) is 43.3 Å². The Hall–Kier alpha value is -1.42. The standard InChI is InChI=1S/C17H30N6O2S2/c1-4-22(5-2)15(25)11-27-17-21-20-16(23(17)18)26-10-14(24)19-13-9-7-6-8-12(13)3/h12-13H,4-11,18H2,1-3H3,(H,19,24)/t12-,13+/m0/s1. The highest BCUT2D eigenvalue weighted by molar-refractivity contribution is 8.00. The molecule has 2 amide bonds. The van der Waals surface area contributed by atoms with Crippen LogP contribution in [0.4, 0.5) is 0 Å². The molecule has 1 saturated carbocycles. The van der Waals surface area contributed by atoms with E-state index in [1.165, 1.54) is 47.5 Å². The summed E-state index contributed by atoms with van der Waals surface area (Å²) in [6, 6.07) is 0.264. The number of nitrogens with two attached hydrogens (primary N) is 1. The molecule has 1 aliphatic carbocycles. The van der Waals surface area contributed by atoms with Gasteiger partial charge in [-0.05, 0) is 32.6 Å². The van der Waals surface area contributed by atoms with E-state index in [4.69, 9.17) is 5.84 Å². The molecule has 0 bridgehead atoms. The molecular formula is C17H30N6O2S2. The second-order valence-corrected chi connectivity index (χ2v) is 8.60. The first-order valence-corrected chi connectivity index (χ1v) is 11.5. The van der Waals surface area contributed by atoms with E-state index in [9.17, 15) is 9.59 Å². The van der Waals surface area contributed by atoms with Gasteiger partial charge < -0.3 is 16.1 Å². The summed E-state index contributed by atoms with van der Waals surface area (Å²) in [6.07, 6.45) is 4.64. The average molecular weight is 415 g/mol. The number of rotatable bonds is 9. The Labute approximate surface area is 169 Å². The van der Waals surface area contributed by atoms with Crippen molar-refractivity contribution >= 4 is 35.3 Å². The number of carbonyl (C=O) groups is 2. The zero-order valence-corrected chi connectivity index (χ0v) is 17.9. The molecule has 0 radical (unpaired) electrons. The fraction of sp³-hybridized carbons (Fsp3) is 0.765. The first-order valence-electron chi connectivity index (χ1n) is 9.49. The predicted molar refractivity (Wildman–Crippen MR) is 109 cm³/mol. The van der Waals surface area contributed by atoms with Gasteiger partial charge in [0.15, 0.2) is 0 Å². The number of carbonyl (C=O) groups excluding carboxylic acids is 2. The normalized spacial score (nSPS) is 19.7. The molecule has 3 N–H and O–H groups in total. The predicted octanol–water partition coefficient (Wildman–Crippen LogP) is 1.74. The van der Waals surface area contributed by atoms with Crippen LogP contribution in [0.25, 0.3) is 0 Å². The largest absolute Gasteiger partial charge is 0.352 e. The molecule has 0 spiro atoms. The zero-order valence-electron chi connectivity index (χ0n) is 16.3. The molecular weight excluding hydrogens is 384 g/mol. The monoisotopic (exact) mass is 414 g/mol. The minimum atomic E-state index is -0.00679. The maximum Gasteiger partial charge on any atom is 0.233 e. The van der Waals surface area contributed by atoms with Crippen LogP contribution in [0.5, 0.6) is 0 Å². The number of hydrogen-bond donors (Lipinski definition) is 2. The van der Waals surface area contributed by atoms with Gasteiger partial charge in [-0.3, -0.25) is 9.59 Å². The van der Waals surface area contributed by atoms with Gasteiger partial charge in [0, 0.05) is 19.1 Å². The van der Waals surface area contributed by atoms with E-state index in [2.05, 4.69) is 22.4 Å². The number of nitrogens with zero attached hydrogens (tertiary/aromatic N) is 4. The molecule has 1 aromatic rings. The summed E-state index contributed by atoms with van der Waals surface area (Å²) in [4.78, 5) is 26.1. The van der Waals surface area contributed by atoms with Crippen molar-refractivity contribution in [2.45, 2.75) is 62.8 Å². The highest BCUT2D eigenvalue weighted by Gasteiger charge is 2.23. The molecule has 0 aromatic carbocycles. The van der Waals surface area contributed by atoms with E-state index < -0.39 is 0 Å². The number of aromatic nitrogens is 3. The van der Waals surface area contributed by atoms with Gasteiger partial charge in [0.2, 0.25) is 22.1 Å². The van der Waals surface area contributed by atoms with Crippen LogP contribution in [0.2, 0.25) is 0 Å². The summed E-state index contributed by atoms with van der Waals surface area (Å²) in [7, 11) is 0. The SMILES string of the molecule is CCN(CC)C(=O)CSc1nnc(SCC(=O)N[C@@H]2CCCC[C@@H]2C)n1N. The Balaban J connectivity index is 1.80. The first kappa shape index (κ1) is 21.9. The van der Waals surface area contributed by atoms with Crippen molar-refractivity contribution in [3.05, 3.63) is 0 Å². The number of amides is 2. The second kappa shape index (κ2) is 10.8. The number of hydrogen-bond acceptors (Lipinski definition) is 7. The number of nitrogens with one attached hydrogen (secondary N) is 1. The van der Waals surface area contributed by atoms with Crippen LogP contribution in [0, 0.1) is 5.92 Å². The molecule has 10 heteroatoms. The third-order valence-electron chi connectivity index (χ3n) is 4.86. The lowest BCUT2D eigenvalue weighted by molar-refractivity contribution is -0.128. The molecule has 0 aliphatic heterocycles. The zero-order chi connectivity index (χ0) is 19.8. The highest BCUT2D eigenvalue weighted by atomic mass is 32.2. The fourth-order valence-electron chi connectivity index (χ4n) is 3.16. The maximum absolute atomic E-state index is 12.2. The van der Waals surface area contributed by atoms with Crippen molar-refractivity contribution in [3.63, 3.8) is 0 Å². The van der Waals surface area contributed by atoms with Gasteiger partial charge in [-0.25, -0.2) is 4.68 Å². The smallest absolute Gasteiger partial charge is 0.233 e. The average Bonchev–Trinajstić information content (AvgIpc) is 3.01. The molecule has 2 atom stereocenters. The summed E-state index contributed by atoms with van der Waals surface area (Å²) < 4.78 is 1.35. The lowest BCUT2D eigenvalue weighted by Crippen LogP contribution is -2.41. The van der Waals surface area contributed by atoms with Crippen molar-refractivity contribution in [1.82, 2.24) is 25.1 Å². The molecule has 2 rings (SSSR count). The lowest BCUT2D eigenvalue weighted by atomic mass is 9.86. The molecule has 0 saturated heterocycles. The lowest BCUT2D eigenvalue weighted by Gasteiger charge is -2.29. The van der Waals surface area contributed by atoms with Gasteiger partial charge in [-0.2, -0.15) is 0 Å². The minimum absolute atomic E-state index is 0.00679. The van der Waals surface area contributed by atoms with Crippen molar-refractivity contribution in [2.75, 3.05) is 30.4 Å². The highest BCUT2D eigenvalue weighted by Crippen LogP contribution is 2.24. The van der Waals surface area contributed by atoms with Gasteiger partial charge in [-0.15, -0.1) is 10.2 Å². The van der Waals surface area contributed by atoms with Crippen molar-refractivity contribution < 1.29 is 9.59 Å². The fourth-order valence-corrected chi connectivity index (χ4v) is 4.65. The Morgan fingerprint density at radius 2 is 1.74 bits per heavy atom. The van der Waals surface area contributed by atoms with Crippen LogP contribution in [0.1, 0.15) is 46.5 Å². The Kier molecular flexibility index (Phi) is 8.75. The van der Waals surface area contributed by atoms with E-state index in [1.807, 2.05) is 13.8 Å². The number of nitrogen functional groups attached to an aromatic ring is 1. The molecule has 0 unspecified atom stereocenters. The van der Waals surface area contributed by atoms with Crippen LogP contribution in [-0.4, -0.2) is 62.2 Å². The van der Waals surface area contributed by atoms with Crippen molar-refractivity contribution in [1.29, 1.82) is 0 Å². The van der Waals surface area contributed by atoms with E-state index in [0.29, 0.717) is 29.3 Å². The summed E-state index contributed by atoms with van der Waals surface area (Å²) in [5.41, 5.74) is 0. The van der Waals surface area contributed by atoms with E-state index in [0.717, 1.165) is 6.42 Å². The van der Waals surface area contributed by atoms with Crippen LogP contribution < -0.4 is 11.2 Å². The van der Waals surface area contributed by atoms with Crippen LogP contribution in [0.3, 0.4) is 0 Å². The van der Waals surface area contributed by atoms with Gasteiger partial charge in [0.05, 0.1) is 11.5 Å². The second-order valence-electron chi connectivity index (χ2n) is 6.71. The summed E-state index contributed by atoms with van der Waals surface area (Å²) >= 11 is 2.52. The van der Waals surface area contributed by atoms with Crippen LogP contribution >= 0.6 is 23.5 Å². The summed E-state index contributed by atoms with van der Waals surface area (Å²) in [6.45, 7) is 7.45. The van der Waals surface area contributed by atoms with E-state index in [1.54, 1.807) is 4.90 Å². The molecule has 1 aromatic heterocycles. The van der Waals surface area contributed by atoms with Crippen molar-refractivity contribution in [2.24, 2.45) is 5.92 Å². The topological polar surface area (TPSA) is 106 Å². The Morgan fingerprint density at radius 1 is 1.15 bits per heavy atom. The maximum atomic E-state index is 12.2. The molecule has 152 valence electrons. The van der Waals surface area contributed by atoms with Gasteiger partial charge in [0.1, 0.15) is 0 Å². The van der Waals surface area contributed by atoms with Crippen molar-refractivity contribution in [3.8, 4) is 0 Å². The first-order chi connectivity index (χ1) is 13.0. The Bertz CT molecular complexity index is 635. The van der Waals surface area contributed by atoms with Gasteiger partial charge in [0.25, 0.3) is 0 Å². The van der Waals surface area contributed by atoms with E-state index >= 15 is 0 Å². The molecule has 1 aliphatic rings. The quantitative estimate of drug-likeness (QED) is 0.468. The van der Waals surface area contributed by atoms with E-state index in [-0.39, 0.29) is 29.4 Å². The summed E-state index contributed by atoms with van der Waals surface area (Å²) in [5.74, 6) is 7.10. The summed E-state index contributed by atoms with van der Waals surface area (Å²) in [5, 5.41) is 12.1. The Morgan fingerprint density at radius 3 is 2.33 bits per heavy atom. The van der Waals surface area contributed by atoms with Crippen LogP contribution in [0.15, 0.2) is 10.3 Å². The molecule has 1 heterocycles. The molecule has 1 fully saturated rings. The van der Waals surface area contributed by atoms with Gasteiger partial charge >= 0.3 is 0 Å². The molecule has 8 nitrogen and oxygen atoms in total. The third kappa shape index (κ3) is 6.31. The van der Waals surface area contributed by atoms with Crippen LogP contribution in [-0.2, 0) is 9.59 Å². The molecule has 27 heavy (non-hydrogen) atoms. The third-order valence-corrected chi connectivity index (χ3v) is 6.74.